The average Bonchev–Trinajstić information content (AvgIpc) is 3.16. The first kappa shape index (κ1) is 18.1. The van der Waals surface area contributed by atoms with E-state index in [0.29, 0.717) is 23.4 Å². The van der Waals surface area contributed by atoms with Crippen LogP contribution in [-0.2, 0) is 6.42 Å². The van der Waals surface area contributed by atoms with Crippen molar-refractivity contribution in [2.24, 2.45) is 10.2 Å². The van der Waals surface area contributed by atoms with Gasteiger partial charge in [-0.3, -0.25) is 4.79 Å². The Kier molecular flexibility index (Phi) is 4.52. The molecule has 0 radical (unpaired) electrons. The van der Waals surface area contributed by atoms with Crippen molar-refractivity contribution in [2.45, 2.75) is 13.3 Å². The van der Waals surface area contributed by atoms with E-state index in [1.165, 1.54) is 0 Å². The first-order valence-corrected chi connectivity index (χ1v) is 9.68. The van der Waals surface area contributed by atoms with Gasteiger partial charge in [0.1, 0.15) is 5.71 Å². The Balaban J connectivity index is 1.45. The molecular formula is C24H19N3O3. The highest BCUT2D eigenvalue weighted by atomic mass is 16.7. The Morgan fingerprint density at radius 2 is 1.67 bits per heavy atom. The lowest BCUT2D eigenvalue weighted by Crippen LogP contribution is -2.12. The molecule has 2 aliphatic rings. The van der Waals surface area contributed by atoms with Crippen molar-refractivity contribution in [1.82, 2.24) is 0 Å². The fourth-order valence-corrected chi connectivity index (χ4v) is 3.57. The predicted molar refractivity (Wildman–Crippen MR) is 116 cm³/mol. The summed E-state index contributed by atoms with van der Waals surface area (Å²) >= 11 is 0. The first-order chi connectivity index (χ1) is 14.7. The lowest BCUT2D eigenvalue weighted by atomic mass is 9.94. The number of benzene rings is 3. The van der Waals surface area contributed by atoms with Crippen LogP contribution in [0.15, 0.2) is 76.9 Å². The summed E-state index contributed by atoms with van der Waals surface area (Å²) in [7, 11) is 0. The minimum absolute atomic E-state index is 0.145. The van der Waals surface area contributed by atoms with Gasteiger partial charge in [0.05, 0.1) is 0 Å². The summed E-state index contributed by atoms with van der Waals surface area (Å²) in [4.78, 5) is 12.4. The minimum Gasteiger partial charge on any atom is -0.454 e. The Bertz CT molecular complexity index is 1180. The number of carbonyl (C=O) groups excluding carboxylic acids is 1. The molecule has 0 atom stereocenters. The zero-order valence-electron chi connectivity index (χ0n) is 16.4. The van der Waals surface area contributed by atoms with E-state index in [4.69, 9.17) is 9.47 Å². The van der Waals surface area contributed by atoms with E-state index in [1.807, 2.05) is 61.5 Å². The van der Waals surface area contributed by atoms with Crippen molar-refractivity contribution in [1.29, 1.82) is 0 Å². The van der Waals surface area contributed by atoms with Crippen molar-refractivity contribution in [3.8, 4) is 11.5 Å². The fraction of sp³-hybridized carbons (Fsp3) is 0.125. The molecule has 148 valence electrons. The Labute approximate surface area is 173 Å². The highest BCUT2D eigenvalue weighted by Gasteiger charge is 2.22. The first-order valence-electron chi connectivity index (χ1n) is 9.68. The molecule has 0 saturated carbocycles. The SMILES string of the molecule is CC1=NN=C(c2ccc(NC(=O)c3ccccc3)cc2)c2cc3c(cc2C1)OCO3. The number of nitrogens with one attached hydrogen (secondary N) is 1. The maximum Gasteiger partial charge on any atom is 0.255 e. The molecule has 5 rings (SSSR count). The van der Waals surface area contributed by atoms with Crippen molar-refractivity contribution >= 4 is 23.0 Å². The Hall–Kier alpha value is -3.93. The summed E-state index contributed by atoms with van der Waals surface area (Å²) in [5.74, 6) is 1.32. The smallest absolute Gasteiger partial charge is 0.255 e. The molecule has 1 N–H and O–H groups in total. The molecule has 3 aromatic rings. The molecule has 0 bridgehead atoms. The maximum absolute atomic E-state index is 12.4. The molecule has 0 saturated heterocycles. The van der Waals surface area contributed by atoms with E-state index in [9.17, 15) is 4.79 Å². The van der Waals surface area contributed by atoms with Gasteiger partial charge in [0.2, 0.25) is 6.79 Å². The summed E-state index contributed by atoms with van der Waals surface area (Å²) in [5.41, 5.74) is 6.00. The van der Waals surface area contributed by atoms with Crippen LogP contribution < -0.4 is 14.8 Å². The van der Waals surface area contributed by atoms with Gasteiger partial charge in [0.25, 0.3) is 5.91 Å². The number of fused-ring (bicyclic) bond motifs is 2. The van der Waals surface area contributed by atoms with Crippen molar-refractivity contribution in [3.05, 3.63) is 89.0 Å². The Morgan fingerprint density at radius 1 is 0.933 bits per heavy atom. The van der Waals surface area contributed by atoms with Gasteiger partial charge in [0.15, 0.2) is 11.5 Å². The van der Waals surface area contributed by atoms with Gasteiger partial charge in [-0.05, 0) is 48.9 Å². The third-order valence-corrected chi connectivity index (χ3v) is 5.07. The molecule has 2 heterocycles. The van der Waals surface area contributed by atoms with Crippen molar-refractivity contribution in [3.63, 3.8) is 0 Å². The summed E-state index contributed by atoms with van der Waals surface area (Å²) in [6.45, 7) is 2.19. The van der Waals surface area contributed by atoms with Gasteiger partial charge >= 0.3 is 0 Å². The maximum atomic E-state index is 12.4. The number of ether oxygens (including phenoxy) is 2. The summed E-state index contributed by atoms with van der Waals surface area (Å²) < 4.78 is 11.1. The molecule has 3 aromatic carbocycles. The second-order valence-corrected chi connectivity index (χ2v) is 7.22. The van der Waals surface area contributed by atoms with Crippen LogP contribution in [0, 0.1) is 0 Å². The number of carbonyl (C=O) groups is 1. The summed E-state index contributed by atoms with van der Waals surface area (Å²) in [6.07, 6.45) is 0.699. The van der Waals surface area contributed by atoms with Gasteiger partial charge in [-0.25, -0.2) is 0 Å². The van der Waals surface area contributed by atoms with Crippen LogP contribution >= 0.6 is 0 Å². The molecule has 1 amide bonds. The molecule has 0 aliphatic carbocycles. The van der Waals surface area contributed by atoms with Crippen LogP contribution in [0.5, 0.6) is 11.5 Å². The van der Waals surface area contributed by atoms with Gasteiger partial charge < -0.3 is 14.8 Å². The number of hydrogen-bond acceptors (Lipinski definition) is 5. The van der Waals surface area contributed by atoms with Crippen LogP contribution in [0.25, 0.3) is 0 Å². The van der Waals surface area contributed by atoms with Gasteiger partial charge in [0, 0.05) is 34.5 Å². The highest BCUT2D eigenvalue weighted by Crippen LogP contribution is 2.36. The normalized spacial score (nSPS) is 14.3. The van der Waals surface area contributed by atoms with Crippen LogP contribution in [0.1, 0.15) is 34.0 Å². The van der Waals surface area contributed by atoms with Gasteiger partial charge in [-0.2, -0.15) is 5.10 Å². The molecule has 6 heteroatoms. The van der Waals surface area contributed by atoms with E-state index < -0.39 is 0 Å². The Morgan fingerprint density at radius 3 is 2.43 bits per heavy atom. The molecule has 0 aromatic heterocycles. The molecule has 0 spiro atoms. The third kappa shape index (κ3) is 3.43. The molecule has 2 aliphatic heterocycles. The summed E-state index contributed by atoms with van der Waals surface area (Å²) in [5, 5.41) is 11.8. The average molecular weight is 397 g/mol. The lowest BCUT2D eigenvalue weighted by Gasteiger charge is -2.12. The molecule has 6 nitrogen and oxygen atoms in total. The quantitative estimate of drug-likeness (QED) is 0.710. The summed E-state index contributed by atoms with van der Waals surface area (Å²) in [6, 6.07) is 20.7. The number of nitrogens with zero attached hydrogens (tertiary/aromatic N) is 2. The molecule has 30 heavy (non-hydrogen) atoms. The zero-order chi connectivity index (χ0) is 20.5. The van der Waals surface area contributed by atoms with E-state index in [2.05, 4.69) is 15.5 Å². The zero-order valence-corrected chi connectivity index (χ0v) is 16.4. The molecular weight excluding hydrogens is 378 g/mol. The lowest BCUT2D eigenvalue weighted by molar-refractivity contribution is 0.102. The highest BCUT2D eigenvalue weighted by molar-refractivity contribution is 6.15. The van der Waals surface area contributed by atoms with Crippen molar-refractivity contribution in [2.75, 3.05) is 12.1 Å². The van der Waals surface area contributed by atoms with Crippen molar-refractivity contribution < 1.29 is 14.3 Å². The fourth-order valence-electron chi connectivity index (χ4n) is 3.57. The van der Waals surface area contributed by atoms with Crippen LogP contribution in [0.2, 0.25) is 0 Å². The van der Waals surface area contributed by atoms with Crippen LogP contribution in [0.4, 0.5) is 5.69 Å². The largest absolute Gasteiger partial charge is 0.454 e. The number of hydrogen-bond donors (Lipinski definition) is 1. The number of rotatable bonds is 3. The van der Waals surface area contributed by atoms with E-state index in [1.54, 1.807) is 12.1 Å². The minimum atomic E-state index is -0.145. The molecule has 0 unspecified atom stereocenters. The second kappa shape index (κ2) is 7.48. The number of anilines is 1. The van der Waals surface area contributed by atoms with E-state index in [-0.39, 0.29) is 12.7 Å². The monoisotopic (exact) mass is 397 g/mol. The van der Waals surface area contributed by atoms with Crippen LogP contribution in [0.3, 0.4) is 0 Å². The standard InChI is InChI=1S/C24H19N3O3/c1-15-11-18-12-21-22(30-14-29-21)13-20(18)23(27-26-15)16-7-9-19(10-8-16)25-24(28)17-5-3-2-4-6-17/h2-10,12-13H,11,14H2,1H3,(H,25,28). The number of amides is 1. The predicted octanol–water partition coefficient (Wildman–Crippen LogP) is 4.44. The topological polar surface area (TPSA) is 72.3 Å². The van der Waals surface area contributed by atoms with Gasteiger partial charge in [-0.15, -0.1) is 5.10 Å². The van der Waals surface area contributed by atoms with Gasteiger partial charge in [-0.1, -0.05) is 30.3 Å². The van der Waals surface area contributed by atoms with E-state index in [0.717, 1.165) is 33.9 Å². The molecule has 0 fully saturated rings. The van der Waals surface area contributed by atoms with Crippen LogP contribution in [-0.4, -0.2) is 24.1 Å². The second-order valence-electron chi connectivity index (χ2n) is 7.22. The van der Waals surface area contributed by atoms with E-state index >= 15 is 0 Å². The third-order valence-electron chi connectivity index (χ3n) is 5.07.